The van der Waals surface area contributed by atoms with Crippen molar-refractivity contribution in [1.82, 2.24) is 10.3 Å². The molecule has 0 fully saturated rings. The predicted molar refractivity (Wildman–Crippen MR) is 86.4 cm³/mol. The number of amides is 1. The molecule has 2 heterocycles. The van der Waals surface area contributed by atoms with E-state index in [0.29, 0.717) is 10.6 Å². The summed E-state index contributed by atoms with van der Waals surface area (Å²) in [7, 11) is 0. The molecule has 1 aromatic carbocycles. The molecule has 0 bridgehead atoms. The van der Waals surface area contributed by atoms with Crippen LogP contribution in [-0.4, -0.2) is 10.9 Å². The van der Waals surface area contributed by atoms with Crippen molar-refractivity contribution in [2.24, 2.45) is 0 Å². The maximum Gasteiger partial charge on any atom is 0.263 e. The maximum absolute atomic E-state index is 12.4. The van der Waals surface area contributed by atoms with Crippen LogP contribution in [0.4, 0.5) is 5.69 Å². The molecule has 21 heavy (non-hydrogen) atoms. The lowest BCUT2D eigenvalue weighted by molar-refractivity contribution is 0.0945. The van der Waals surface area contributed by atoms with Crippen LogP contribution >= 0.6 is 11.3 Å². The molecule has 3 N–H and O–H groups in total. The standard InChI is InChI=1S/C16H15N3OS/c1-10(11-6-8-18-9-7-11)19-16(20)15-14(17)12-4-2-3-5-13(12)21-15/h2-10H,17H2,1H3,(H,19,20). The van der Waals surface area contributed by atoms with Crippen LogP contribution in [0.3, 0.4) is 0 Å². The van der Waals surface area contributed by atoms with Gasteiger partial charge < -0.3 is 11.1 Å². The number of benzene rings is 1. The lowest BCUT2D eigenvalue weighted by Crippen LogP contribution is -2.26. The van der Waals surface area contributed by atoms with Crippen LogP contribution in [-0.2, 0) is 0 Å². The molecule has 106 valence electrons. The molecule has 3 rings (SSSR count). The van der Waals surface area contributed by atoms with Crippen molar-refractivity contribution in [2.45, 2.75) is 13.0 Å². The number of thiophene rings is 1. The lowest BCUT2D eigenvalue weighted by atomic mass is 10.1. The van der Waals surface area contributed by atoms with Gasteiger partial charge in [0.15, 0.2) is 0 Å². The number of nitrogen functional groups attached to an aromatic ring is 1. The molecule has 0 radical (unpaired) electrons. The molecule has 0 saturated carbocycles. The number of nitrogens with two attached hydrogens (primary N) is 1. The summed E-state index contributed by atoms with van der Waals surface area (Å²) in [5, 5.41) is 3.91. The highest BCUT2D eigenvalue weighted by molar-refractivity contribution is 7.21. The minimum absolute atomic E-state index is 0.0925. The van der Waals surface area contributed by atoms with Crippen LogP contribution in [0.25, 0.3) is 10.1 Å². The molecule has 2 aromatic heterocycles. The summed E-state index contributed by atoms with van der Waals surface area (Å²) in [6.45, 7) is 1.94. The van der Waals surface area contributed by atoms with E-state index in [4.69, 9.17) is 5.73 Å². The Labute approximate surface area is 126 Å². The number of aromatic nitrogens is 1. The number of carbonyl (C=O) groups is 1. The highest BCUT2D eigenvalue weighted by Gasteiger charge is 2.18. The Morgan fingerprint density at radius 1 is 1.24 bits per heavy atom. The third kappa shape index (κ3) is 2.60. The van der Waals surface area contributed by atoms with E-state index in [2.05, 4.69) is 10.3 Å². The van der Waals surface area contributed by atoms with Gasteiger partial charge in [-0.1, -0.05) is 18.2 Å². The fraction of sp³-hybridized carbons (Fsp3) is 0.125. The van der Waals surface area contributed by atoms with E-state index in [1.165, 1.54) is 11.3 Å². The molecule has 1 unspecified atom stereocenters. The van der Waals surface area contributed by atoms with Crippen molar-refractivity contribution < 1.29 is 4.79 Å². The van der Waals surface area contributed by atoms with Crippen molar-refractivity contribution in [2.75, 3.05) is 5.73 Å². The molecule has 3 aromatic rings. The highest BCUT2D eigenvalue weighted by atomic mass is 32.1. The number of nitrogens with zero attached hydrogens (tertiary/aromatic N) is 1. The minimum atomic E-state index is -0.141. The van der Waals surface area contributed by atoms with Gasteiger partial charge in [-0.05, 0) is 30.7 Å². The normalized spacial score (nSPS) is 12.2. The predicted octanol–water partition coefficient (Wildman–Crippen LogP) is 3.37. The Bertz CT molecular complexity index is 783. The van der Waals surface area contributed by atoms with Crippen molar-refractivity contribution in [3.63, 3.8) is 0 Å². The average molecular weight is 297 g/mol. The molecule has 0 aliphatic rings. The van der Waals surface area contributed by atoms with E-state index in [0.717, 1.165) is 15.6 Å². The van der Waals surface area contributed by atoms with E-state index >= 15 is 0 Å². The van der Waals surface area contributed by atoms with Crippen molar-refractivity contribution in [3.05, 3.63) is 59.2 Å². The zero-order chi connectivity index (χ0) is 14.8. The number of hydrogen-bond donors (Lipinski definition) is 2. The van der Waals surface area contributed by atoms with Crippen LogP contribution in [0, 0.1) is 0 Å². The van der Waals surface area contributed by atoms with Gasteiger partial charge in [0.05, 0.1) is 11.7 Å². The quantitative estimate of drug-likeness (QED) is 0.779. The Hall–Kier alpha value is -2.40. The van der Waals surface area contributed by atoms with Gasteiger partial charge in [0.2, 0.25) is 0 Å². The van der Waals surface area contributed by atoms with Crippen LogP contribution < -0.4 is 11.1 Å². The van der Waals surface area contributed by atoms with Crippen LogP contribution in [0.15, 0.2) is 48.8 Å². The van der Waals surface area contributed by atoms with E-state index < -0.39 is 0 Å². The lowest BCUT2D eigenvalue weighted by Gasteiger charge is -2.13. The number of carbonyl (C=O) groups excluding carboxylic acids is 1. The molecular weight excluding hydrogens is 282 g/mol. The van der Waals surface area contributed by atoms with Crippen molar-refractivity contribution in [1.29, 1.82) is 0 Å². The first kappa shape index (κ1) is 13.6. The van der Waals surface area contributed by atoms with Gasteiger partial charge in [0.1, 0.15) is 4.88 Å². The fourth-order valence-corrected chi connectivity index (χ4v) is 3.26. The zero-order valence-corrected chi connectivity index (χ0v) is 12.4. The highest BCUT2D eigenvalue weighted by Crippen LogP contribution is 2.33. The van der Waals surface area contributed by atoms with Crippen LogP contribution in [0.2, 0.25) is 0 Å². The largest absolute Gasteiger partial charge is 0.397 e. The monoisotopic (exact) mass is 297 g/mol. The number of hydrogen-bond acceptors (Lipinski definition) is 4. The second-order valence-corrected chi connectivity index (χ2v) is 5.87. The van der Waals surface area contributed by atoms with Crippen LogP contribution in [0.1, 0.15) is 28.2 Å². The molecule has 0 spiro atoms. The second kappa shape index (κ2) is 5.54. The van der Waals surface area contributed by atoms with E-state index in [1.54, 1.807) is 12.4 Å². The van der Waals surface area contributed by atoms with Crippen LogP contribution in [0.5, 0.6) is 0 Å². The first-order valence-electron chi connectivity index (χ1n) is 6.64. The summed E-state index contributed by atoms with van der Waals surface area (Å²) in [4.78, 5) is 17.0. The molecule has 0 aliphatic heterocycles. The van der Waals surface area contributed by atoms with E-state index in [1.807, 2.05) is 43.3 Å². The smallest absolute Gasteiger partial charge is 0.263 e. The SMILES string of the molecule is CC(NC(=O)c1sc2ccccc2c1N)c1ccncc1. The van der Waals surface area contributed by atoms with E-state index in [-0.39, 0.29) is 11.9 Å². The summed E-state index contributed by atoms with van der Waals surface area (Å²) >= 11 is 1.42. The van der Waals surface area contributed by atoms with Gasteiger partial charge in [-0.25, -0.2) is 0 Å². The average Bonchev–Trinajstić information content (AvgIpc) is 2.86. The molecule has 5 heteroatoms. The molecule has 1 amide bonds. The summed E-state index contributed by atoms with van der Waals surface area (Å²) in [5.41, 5.74) is 7.66. The Balaban J connectivity index is 1.86. The summed E-state index contributed by atoms with van der Waals surface area (Å²) in [6.07, 6.45) is 3.43. The molecule has 1 atom stereocenters. The number of anilines is 1. The van der Waals surface area contributed by atoms with Crippen molar-refractivity contribution in [3.8, 4) is 0 Å². The zero-order valence-electron chi connectivity index (χ0n) is 11.5. The number of fused-ring (bicyclic) bond motifs is 1. The van der Waals surface area contributed by atoms with Gasteiger partial charge in [0, 0.05) is 22.5 Å². The molecule has 4 nitrogen and oxygen atoms in total. The Morgan fingerprint density at radius 2 is 1.95 bits per heavy atom. The van der Waals surface area contributed by atoms with Gasteiger partial charge in [0.25, 0.3) is 5.91 Å². The van der Waals surface area contributed by atoms with Gasteiger partial charge >= 0.3 is 0 Å². The van der Waals surface area contributed by atoms with Gasteiger partial charge in [-0.15, -0.1) is 11.3 Å². The first-order chi connectivity index (χ1) is 10.2. The Morgan fingerprint density at radius 3 is 2.67 bits per heavy atom. The fourth-order valence-electron chi connectivity index (χ4n) is 2.23. The molecular formula is C16H15N3OS. The topological polar surface area (TPSA) is 68.0 Å². The minimum Gasteiger partial charge on any atom is -0.397 e. The van der Waals surface area contributed by atoms with Gasteiger partial charge in [-0.3, -0.25) is 9.78 Å². The molecule has 0 aliphatic carbocycles. The van der Waals surface area contributed by atoms with Crippen molar-refractivity contribution >= 4 is 33.0 Å². The van der Waals surface area contributed by atoms with E-state index in [9.17, 15) is 4.79 Å². The third-order valence-corrected chi connectivity index (χ3v) is 4.58. The third-order valence-electron chi connectivity index (χ3n) is 3.39. The Kier molecular flexibility index (Phi) is 3.58. The number of rotatable bonds is 3. The number of pyridine rings is 1. The summed E-state index contributed by atoms with van der Waals surface area (Å²) in [5.74, 6) is -0.141. The number of nitrogens with one attached hydrogen (secondary N) is 1. The second-order valence-electron chi connectivity index (χ2n) is 4.82. The first-order valence-corrected chi connectivity index (χ1v) is 7.46. The van der Waals surface area contributed by atoms with Gasteiger partial charge in [-0.2, -0.15) is 0 Å². The molecule has 0 saturated heterocycles. The summed E-state index contributed by atoms with van der Waals surface area (Å²) in [6, 6.07) is 11.5. The maximum atomic E-state index is 12.4. The summed E-state index contributed by atoms with van der Waals surface area (Å²) < 4.78 is 1.02.